The van der Waals surface area contributed by atoms with E-state index in [1.807, 2.05) is 6.07 Å². The van der Waals surface area contributed by atoms with Gasteiger partial charge in [-0.15, -0.1) is 0 Å². The molecule has 5 rings (SSSR count). The Morgan fingerprint density at radius 1 is 1.09 bits per heavy atom. The molecule has 1 saturated heterocycles. The maximum absolute atomic E-state index is 12.8. The SMILES string of the molecule is CC(C)N1C(=S)NC23CCc4ccccc4C(=C12)CCc1ccc(OCC(F)(F)F)cc13. The van der Waals surface area contributed by atoms with Gasteiger partial charge in [-0.1, -0.05) is 30.3 Å². The zero-order chi connectivity index (χ0) is 22.7. The fourth-order valence-electron chi connectivity index (χ4n) is 5.44. The average Bonchev–Trinajstić information content (AvgIpc) is 2.89. The van der Waals surface area contributed by atoms with Crippen molar-refractivity contribution in [2.75, 3.05) is 6.61 Å². The molecule has 168 valence electrons. The summed E-state index contributed by atoms with van der Waals surface area (Å²) in [5, 5.41) is 4.29. The highest BCUT2D eigenvalue weighted by Crippen LogP contribution is 2.52. The third-order valence-corrected chi connectivity index (χ3v) is 6.99. The number of thiocarbonyl (C=S) groups is 1. The molecule has 1 unspecified atom stereocenters. The van der Waals surface area contributed by atoms with Gasteiger partial charge in [0.05, 0.1) is 5.70 Å². The fourth-order valence-corrected chi connectivity index (χ4v) is 5.91. The highest BCUT2D eigenvalue weighted by molar-refractivity contribution is 7.80. The van der Waals surface area contributed by atoms with E-state index in [0.29, 0.717) is 5.11 Å². The number of allylic oxidation sites excluding steroid dienone is 1. The molecule has 1 aliphatic heterocycles. The molecule has 0 radical (unpaired) electrons. The first-order chi connectivity index (χ1) is 15.2. The summed E-state index contributed by atoms with van der Waals surface area (Å²) in [5.74, 6) is 0.232. The highest BCUT2D eigenvalue weighted by Gasteiger charge is 2.52. The van der Waals surface area contributed by atoms with Crippen LogP contribution in [-0.4, -0.2) is 28.8 Å². The highest BCUT2D eigenvalue weighted by atomic mass is 32.1. The van der Waals surface area contributed by atoms with Crippen molar-refractivity contribution in [1.29, 1.82) is 0 Å². The molecule has 0 saturated carbocycles. The average molecular weight is 459 g/mol. The summed E-state index contributed by atoms with van der Waals surface area (Å²) in [4.78, 5) is 2.20. The molecule has 2 aromatic rings. The molecule has 7 heteroatoms. The standard InChI is InChI=1S/C25H25F3N2OS/c1-15(2)30-22-20-10-8-17-7-9-18(31-14-25(26,27)28)13-21(17)24(22,29-23(30)32)12-11-16-5-3-4-6-19(16)20/h3-7,9,13,15H,8,10-12,14H2,1-2H3,(H,29,32). The van der Waals surface area contributed by atoms with Gasteiger partial charge in [-0.2, -0.15) is 13.2 Å². The van der Waals surface area contributed by atoms with Gasteiger partial charge in [0, 0.05) is 6.04 Å². The second kappa shape index (κ2) is 7.51. The molecule has 32 heavy (non-hydrogen) atoms. The maximum Gasteiger partial charge on any atom is 0.422 e. The van der Waals surface area contributed by atoms with Crippen LogP contribution in [0.3, 0.4) is 0 Å². The van der Waals surface area contributed by atoms with Crippen LogP contribution >= 0.6 is 12.2 Å². The first-order valence-electron chi connectivity index (χ1n) is 11.0. The maximum atomic E-state index is 12.8. The van der Waals surface area contributed by atoms with Crippen LogP contribution in [0.1, 0.15) is 48.9 Å². The third-order valence-electron chi connectivity index (χ3n) is 6.69. The van der Waals surface area contributed by atoms with Gasteiger partial charge in [-0.05, 0) is 91.7 Å². The second-order valence-corrected chi connectivity index (χ2v) is 9.39. The molecule has 1 N–H and O–H groups in total. The Kier molecular flexibility index (Phi) is 5.00. The summed E-state index contributed by atoms with van der Waals surface area (Å²) in [6.07, 6.45) is -1.11. The minimum Gasteiger partial charge on any atom is -0.484 e. The normalized spacial score (nSPS) is 22.1. The summed E-state index contributed by atoms with van der Waals surface area (Å²) in [6, 6.07) is 14.0. The van der Waals surface area contributed by atoms with E-state index in [-0.39, 0.29) is 11.8 Å². The minimum absolute atomic E-state index is 0.151. The summed E-state index contributed by atoms with van der Waals surface area (Å²) < 4.78 is 43.5. The first kappa shape index (κ1) is 21.3. The van der Waals surface area contributed by atoms with E-state index in [2.05, 4.69) is 48.3 Å². The van der Waals surface area contributed by atoms with Gasteiger partial charge < -0.3 is 15.0 Å². The quantitative estimate of drug-likeness (QED) is 0.594. The summed E-state index contributed by atoms with van der Waals surface area (Å²) in [5.41, 5.74) is 6.48. The Balaban J connectivity index is 1.71. The number of fused-ring (bicyclic) bond motifs is 3. The lowest BCUT2D eigenvalue weighted by Gasteiger charge is -2.34. The summed E-state index contributed by atoms with van der Waals surface area (Å²) in [6.45, 7) is 2.93. The van der Waals surface area contributed by atoms with Crippen molar-refractivity contribution in [3.8, 4) is 5.75 Å². The summed E-state index contributed by atoms with van der Waals surface area (Å²) >= 11 is 5.80. The summed E-state index contributed by atoms with van der Waals surface area (Å²) in [7, 11) is 0. The van der Waals surface area contributed by atoms with Gasteiger partial charge >= 0.3 is 6.18 Å². The predicted molar refractivity (Wildman–Crippen MR) is 122 cm³/mol. The van der Waals surface area contributed by atoms with Crippen LogP contribution in [0.4, 0.5) is 13.2 Å². The third kappa shape index (κ3) is 3.38. The van der Waals surface area contributed by atoms with Gasteiger partial charge in [0.25, 0.3) is 0 Å². The molecule has 0 aromatic heterocycles. The van der Waals surface area contributed by atoms with Gasteiger partial charge in [-0.25, -0.2) is 0 Å². The number of alkyl halides is 3. The van der Waals surface area contributed by atoms with Gasteiger partial charge in [0.1, 0.15) is 11.3 Å². The van der Waals surface area contributed by atoms with Crippen LogP contribution in [0.5, 0.6) is 5.75 Å². The first-order valence-corrected chi connectivity index (χ1v) is 11.4. The number of halogens is 3. The molecule has 1 heterocycles. The topological polar surface area (TPSA) is 24.5 Å². The van der Waals surface area contributed by atoms with E-state index in [0.717, 1.165) is 42.5 Å². The molecule has 3 nitrogen and oxygen atoms in total. The van der Waals surface area contributed by atoms with Crippen LogP contribution in [0, 0.1) is 0 Å². The Morgan fingerprint density at radius 2 is 1.88 bits per heavy atom. The molecule has 2 aromatic carbocycles. The van der Waals surface area contributed by atoms with Crippen molar-refractivity contribution in [3.63, 3.8) is 0 Å². The van der Waals surface area contributed by atoms with Crippen molar-refractivity contribution in [2.45, 2.75) is 57.3 Å². The van der Waals surface area contributed by atoms with Crippen LogP contribution in [0.15, 0.2) is 48.2 Å². The molecule has 2 aliphatic carbocycles. The fraction of sp³-hybridized carbons (Fsp3) is 0.400. The number of hydrogen-bond donors (Lipinski definition) is 1. The lowest BCUT2D eigenvalue weighted by molar-refractivity contribution is -0.153. The van der Waals surface area contributed by atoms with Crippen LogP contribution in [0.25, 0.3) is 5.57 Å². The van der Waals surface area contributed by atoms with Crippen LogP contribution in [0.2, 0.25) is 0 Å². The molecule has 0 amide bonds. The Bertz CT molecular complexity index is 1120. The molecular formula is C25H25F3N2OS. The van der Waals surface area contributed by atoms with Crippen molar-refractivity contribution in [2.24, 2.45) is 0 Å². The minimum atomic E-state index is -4.38. The Labute approximate surface area is 191 Å². The van der Waals surface area contributed by atoms with Crippen LogP contribution in [-0.2, 0) is 18.4 Å². The lowest BCUT2D eigenvalue weighted by atomic mass is 9.80. The monoisotopic (exact) mass is 458 g/mol. The molecule has 1 fully saturated rings. The van der Waals surface area contributed by atoms with Gasteiger partial charge in [-0.3, -0.25) is 0 Å². The number of aryl methyl sites for hydroxylation is 2. The molecular weight excluding hydrogens is 433 g/mol. The van der Waals surface area contributed by atoms with E-state index >= 15 is 0 Å². The number of benzene rings is 2. The predicted octanol–water partition coefficient (Wildman–Crippen LogP) is 5.73. The number of nitrogens with zero attached hydrogens (tertiary/aromatic N) is 1. The lowest BCUT2D eigenvalue weighted by Crippen LogP contribution is -2.40. The zero-order valence-corrected chi connectivity index (χ0v) is 18.9. The van der Waals surface area contributed by atoms with Crippen molar-refractivity contribution < 1.29 is 17.9 Å². The van der Waals surface area contributed by atoms with Gasteiger partial charge in [0.15, 0.2) is 11.7 Å². The van der Waals surface area contributed by atoms with Crippen molar-refractivity contribution >= 4 is 22.9 Å². The Morgan fingerprint density at radius 3 is 2.62 bits per heavy atom. The molecule has 1 atom stereocenters. The largest absolute Gasteiger partial charge is 0.484 e. The number of rotatable bonds is 3. The van der Waals surface area contributed by atoms with E-state index < -0.39 is 18.3 Å². The van der Waals surface area contributed by atoms with Crippen LogP contribution < -0.4 is 10.1 Å². The molecule has 2 bridgehead atoms. The van der Waals surface area contributed by atoms with E-state index in [9.17, 15) is 13.2 Å². The zero-order valence-electron chi connectivity index (χ0n) is 18.1. The Hall–Kier alpha value is -2.54. The number of nitrogens with one attached hydrogen (secondary N) is 1. The van der Waals surface area contributed by atoms with E-state index in [4.69, 9.17) is 17.0 Å². The van der Waals surface area contributed by atoms with Crippen molar-refractivity contribution in [3.05, 3.63) is 70.4 Å². The molecule has 3 aliphatic rings. The number of hydrogen-bond acceptors (Lipinski definition) is 2. The number of ether oxygens (including phenoxy) is 1. The van der Waals surface area contributed by atoms with E-state index in [1.165, 1.54) is 16.7 Å². The van der Waals surface area contributed by atoms with E-state index in [1.54, 1.807) is 12.1 Å². The van der Waals surface area contributed by atoms with Crippen molar-refractivity contribution in [1.82, 2.24) is 10.2 Å². The molecule has 0 spiro atoms. The van der Waals surface area contributed by atoms with Gasteiger partial charge in [0.2, 0.25) is 0 Å². The smallest absolute Gasteiger partial charge is 0.422 e. The second-order valence-electron chi connectivity index (χ2n) is 9.01.